The molecule has 2 rings (SSSR count). The molecular formula is C15H22O2. The Hall–Kier alpha value is -1.18. The summed E-state index contributed by atoms with van der Waals surface area (Å²) < 4.78 is 10.7. The van der Waals surface area contributed by atoms with E-state index in [1.807, 2.05) is 6.07 Å². The van der Waals surface area contributed by atoms with E-state index in [2.05, 4.69) is 19.1 Å². The van der Waals surface area contributed by atoms with E-state index in [0.29, 0.717) is 6.79 Å². The number of unbranched alkanes of at least 4 members (excludes halogenated alkanes) is 5. The second-order valence-corrected chi connectivity index (χ2v) is 4.71. The van der Waals surface area contributed by atoms with Gasteiger partial charge in [-0.3, -0.25) is 0 Å². The SMILES string of the molecule is CCCCCCCCc1ccc2c(c1)OCO2. The van der Waals surface area contributed by atoms with E-state index >= 15 is 0 Å². The highest BCUT2D eigenvalue weighted by atomic mass is 16.7. The highest BCUT2D eigenvalue weighted by Gasteiger charge is 2.12. The lowest BCUT2D eigenvalue weighted by atomic mass is 10.0. The molecule has 0 spiro atoms. The molecule has 1 aromatic carbocycles. The van der Waals surface area contributed by atoms with Gasteiger partial charge in [0.15, 0.2) is 11.5 Å². The summed E-state index contributed by atoms with van der Waals surface area (Å²) in [7, 11) is 0. The smallest absolute Gasteiger partial charge is 0.231 e. The Kier molecular flexibility index (Phi) is 4.72. The van der Waals surface area contributed by atoms with Crippen molar-refractivity contribution < 1.29 is 9.47 Å². The van der Waals surface area contributed by atoms with E-state index in [4.69, 9.17) is 9.47 Å². The third-order valence-corrected chi connectivity index (χ3v) is 3.26. The number of rotatable bonds is 7. The lowest BCUT2D eigenvalue weighted by molar-refractivity contribution is 0.174. The molecule has 0 aromatic heterocycles. The van der Waals surface area contributed by atoms with Crippen molar-refractivity contribution in [3.63, 3.8) is 0 Å². The third kappa shape index (κ3) is 3.65. The minimum absolute atomic E-state index is 0.371. The Bertz CT molecular complexity index is 347. The summed E-state index contributed by atoms with van der Waals surface area (Å²) in [5.41, 5.74) is 1.37. The summed E-state index contributed by atoms with van der Waals surface area (Å²) in [5.74, 6) is 1.80. The molecule has 1 aliphatic heterocycles. The Morgan fingerprint density at radius 2 is 1.71 bits per heavy atom. The van der Waals surface area contributed by atoms with Gasteiger partial charge >= 0.3 is 0 Å². The molecule has 0 aliphatic carbocycles. The molecule has 0 saturated carbocycles. The molecule has 0 N–H and O–H groups in total. The first-order valence-corrected chi connectivity index (χ1v) is 6.78. The van der Waals surface area contributed by atoms with Crippen LogP contribution in [-0.2, 0) is 6.42 Å². The zero-order chi connectivity index (χ0) is 11.9. The molecule has 0 atom stereocenters. The molecule has 2 heteroatoms. The van der Waals surface area contributed by atoms with Gasteiger partial charge in [0.25, 0.3) is 0 Å². The van der Waals surface area contributed by atoms with Crippen LogP contribution in [0.4, 0.5) is 0 Å². The van der Waals surface area contributed by atoms with Gasteiger partial charge in [0.1, 0.15) is 0 Å². The minimum atomic E-state index is 0.371. The lowest BCUT2D eigenvalue weighted by Gasteiger charge is -2.03. The van der Waals surface area contributed by atoms with E-state index in [9.17, 15) is 0 Å². The number of hydrogen-bond donors (Lipinski definition) is 0. The quantitative estimate of drug-likeness (QED) is 0.654. The average Bonchev–Trinajstić information content (AvgIpc) is 2.81. The first-order valence-electron chi connectivity index (χ1n) is 6.78. The van der Waals surface area contributed by atoms with Gasteiger partial charge < -0.3 is 9.47 Å². The number of benzene rings is 1. The molecular weight excluding hydrogens is 212 g/mol. The van der Waals surface area contributed by atoms with Crippen molar-refractivity contribution in [2.24, 2.45) is 0 Å². The maximum absolute atomic E-state index is 5.38. The van der Waals surface area contributed by atoms with Crippen molar-refractivity contribution >= 4 is 0 Å². The fourth-order valence-corrected chi connectivity index (χ4v) is 2.21. The predicted molar refractivity (Wildman–Crippen MR) is 69.6 cm³/mol. The number of hydrogen-bond acceptors (Lipinski definition) is 2. The van der Waals surface area contributed by atoms with Gasteiger partial charge in [-0.15, -0.1) is 0 Å². The van der Waals surface area contributed by atoms with Crippen LogP contribution in [0, 0.1) is 0 Å². The molecule has 0 saturated heterocycles. The zero-order valence-corrected chi connectivity index (χ0v) is 10.7. The maximum Gasteiger partial charge on any atom is 0.231 e. The Balaban J connectivity index is 1.69. The third-order valence-electron chi connectivity index (χ3n) is 3.26. The topological polar surface area (TPSA) is 18.5 Å². The summed E-state index contributed by atoms with van der Waals surface area (Å²) in [6, 6.07) is 6.29. The van der Waals surface area contributed by atoms with Crippen LogP contribution in [0.2, 0.25) is 0 Å². The standard InChI is InChI=1S/C15H22O2/c1-2-3-4-5-6-7-8-13-9-10-14-15(11-13)17-12-16-14/h9-11H,2-8,12H2,1H3. The first kappa shape index (κ1) is 12.3. The molecule has 2 nitrogen and oxygen atoms in total. The van der Waals surface area contributed by atoms with Crippen molar-refractivity contribution in [2.75, 3.05) is 6.79 Å². The normalized spacial score (nSPS) is 13.0. The zero-order valence-electron chi connectivity index (χ0n) is 10.7. The molecule has 1 heterocycles. The Morgan fingerprint density at radius 3 is 2.59 bits per heavy atom. The fraction of sp³-hybridized carbons (Fsp3) is 0.600. The number of aryl methyl sites for hydroxylation is 1. The molecule has 0 fully saturated rings. The molecule has 1 aliphatic rings. The molecule has 0 unspecified atom stereocenters. The second-order valence-electron chi connectivity index (χ2n) is 4.71. The van der Waals surface area contributed by atoms with E-state index < -0.39 is 0 Å². The van der Waals surface area contributed by atoms with Gasteiger partial charge in [0, 0.05) is 0 Å². The fourth-order valence-electron chi connectivity index (χ4n) is 2.21. The highest BCUT2D eigenvalue weighted by Crippen LogP contribution is 2.32. The second kappa shape index (κ2) is 6.53. The molecule has 0 radical (unpaired) electrons. The largest absolute Gasteiger partial charge is 0.454 e. The molecule has 17 heavy (non-hydrogen) atoms. The average molecular weight is 234 g/mol. The molecule has 0 bridgehead atoms. The summed E-state index contributed by atoms with van der Waals surface area (Å²) in [4.78, 5) is 0. The van der Waals surface area contributed by atoms with Crippen LogP contribution in [0.3, 0.4) is 0 Å². The van der Waals surface area contributed by atoms with E-state index in [-0.39, 0.29) is 0 Å². The van der Waals surface area contributed by atoms with Crippen LogP contribution in [-0.4, -0.2) is 6.79 Å². The minimum Gasteiger partial charge on any atom is -0.454 e. The lowest BCUT2D eigenvalue weighted by Crippen LogP contribution is -1.93. The van der Waals surface area contributed by atoms with Crippen molar-refractivity contribution in [1.82, 2.24) is 0 Å². The summed E-state index contributed by atoms with van der Waals surface area (Å²) in [6.45, 7) is 2.63. The summed E-state index contributed by atoms with van der Waals surface area (Å²) >= 11 is 0. The van der Waals surface area contributed by atoms with Crippen LogP contribution in [0.5, 0.6) is 11.5 Å². The van der Waals surface area contributed by atoms with E-state index in [1.165, 1.54) is 44.1 Å². The van der Waals surface area contributed by atoms with Gasteiger partial charge in [-0.25, -0.2) is 0 Å². The van der Waals surface area contributed by atoms with Crippen LogP contribution in [0.1, 0.15) is 51.0 Å². The Labute approximate surface area is 104 Å². The predicted octanol–water partition coefficient (Wildman–Crippen LogP) is 4.32. The number of fused-ring (bicyclic) bond motifs is 1. The van der Waals surface area contributed by atoms with Gasteiger partial charge in [-0.05, 0) is 30.5 Å². The summed E-state index contributed by atoms with van der Waals surface area (Å²) in [5, 5.41) is 0. The van der Waals surface area contributed by atoms with Crippen LogP contribution in [0.15, 0.2) is 18.2 Å². The van der Waals surface area contributed by atoms with Crippen LogP contribution < -0.4 is 9.47 Å². The first-order chi connectivity index (χ1) is 8.40. The number of ether oxygens (including phenoxy) is 2. The van der Waals surface area contributed by atoms with Gasteiger partial charge in [-0.2, -0.15) is 0 Å². The van der Waals surface area contributed by atoms with Gasteiger partial charge in [-0.1, -0.05) is 45.1 Å². The molecule has 0 amide bonds. The maximum atomic E-state index is 5.38. The Morgan fingerprint density at radius 1 is 0.941 bits per heavy atom. The van der Waals surface area contributed by atoms with Crippen molar-refractivity contribution in [3.8, 4) is 11.5 Å². The molecule has 1 aromatic rings. The van der Waals surface area contributed by atoms with E-state index in [0.717, 1.165) is 17.9 Å². The molecule has 94 valence electrons. The van der Waals surface area contributed by atoms with Crippen molar-refractivity contribution in [1.29, 1.82) is 0 Å². The van der Waals surface area contributed by atoms with Crippen molar-refractivity contribution in [3.05, 3.63) is 23.8 Å². The van der Waals surface area contributed by atoms with Crippen molar-refractivity contribution in [2.45, 2.75) is 51.9 Å². The van der Waals surface area contributed by atoms with Gasteiger partial charge in [0.05, 0.1) is 0 Å². The summed E-state index contributed by atoms with van der Waals surface area (Å²) in [6.07, 6.45) is 9.24. The van der Waals surface area contributed by atoms with Crippen LogP contribution >= 0.6 is 0 Å². The monoisotopic (exact) mass is 234 g/mol. The van der Waals surface area contributed by atoms with E-state index in [1.54, 1.807) is 0 Å². The van der Waals surface area contributed by atoms with Crippen LogP contribution in [0.25, 0.3) is 0 Å². The highest BCUT2D eigenvalue weighted by molar-refractivity contribution is 5.44. The van der Waals surface area contributed by atoms with Gasteiger partial charge in [0.2, 0.25) is 6.79 Å².